The van der Waals surface area contributed by atoms with Gasteiger partial charge < -0.3 is 9.47 Å². The van der Waals surface area contributed by atoms with E-state index in [9.17, 15) is 8.42 Å². The monoisotopic (exact) mass is 568 g/mol. The summed E-state index contributed by atoms with van der Waals surface area (Å²) in [6, 6.07) is 40.9. The van der Waals surface area contributed by atoms with Crippen molar-refractivity contribution in [1.82, 2.24) is 0 Å². The predicted octanol–water partition coefficient (Wildman–Crippen LogP) is 9.50. The molecule has 5 heteroatoms. The summed E-state index contributed by atoms with van der Waals surface area (Å²) in [5.41, 5.74) is 0.500. The molecular weight excluding hydrogens is 516 g/mol. The van der Waals surface area contributed by atoms with Gasteiger partial charge in [-0.25, -0.2) is 8.42 Å². The average molecular weight is 569 g/mol. The first-order chi connectivity index (χ1) is 19.0. The molecule has 0 bridgehead atoms. The molecule has 4 rings (SSSR count). The van der Waals surface area contributed by atoms with Crippen LogP contribution in [0, 0.1) is 5.41 Å². The second-order valence-corrected chi connectivity index (χ2v) is 11.2. The van der Waals surface area contributed by atoms with Crippen LogP contribution in [0.2, 0.25) is 0 Å². The highest BCUT2D eigenvalue weighted by Crippen LogP contribution is 2.19. The fourth-order valence-corrected chi connectivity index (χ4v) is 3.41. The molecule has 0 aliphatic carbocycles. The fraction of sp³-hybridized carbons (Fsp3) is 0.314. The van der Waals surface area contributed by atoms with E-state index in [1.54, 1.807) is 89.1 Å². The molecule has 0 N–H and O–H groups in total. The number of rotatable bonds is 2. The van der Waals surface area contributed by atoms with Gasteiger partial charge in [-0.05, 0) is 29.7 Å². The molecule has 0 aromatic heterocycles. The van der Waals surface area contributed by atoms with Crippen LogP contribution >= 0.6 is 0 Å². The zero-order valence-corrected chi connectivity index (χ0v) is 27.1. The molecule has 0 heterocycles. The zero-order chi connectivity index (χ0) is 31.1. The maximum atomic E-state index is 12.0. The molecule has 0 amide bonds. The molecule has 4 nitrogen and oxygen atoms in total. The maximum absolute atomic E-state index is 12.0. The third kappa shape index (κ3) is 29.3. The molecular formula is C35H52O4S. The van der Waals surface area contributed by atoms with Crippen LogP contribution in [0.15, 0.2) is 143 Å². The van der Waals surface area contributed by atoms with Crippen LogP contribution in [-0.2, 0) is 19.3 Å². The first-order valence-corrected chi connectivity index (χ1v) is 14.7. The summed E-state index contributed by atoms with van der Waals surface area (Å²) in [6.45, 7) is 12.8. The minimum absolute atomic E-state index is 0.330. The fourth-order valence-electron chi connectivity index (χ4n) is 2.11. The van der Waals surface area contributed by atoms with Crippen LogP contribution < -0.4 is 0 Å². The minimum Gasteiger partial charge on any atom is -0.388 e. The van der Waals surface area contributed by atoms with Gasteiger partial charge in [-0.15, -0.1) is 0 Å². The van der Waals surface area contributed by atoms with Gasteiger partial charge in [0.15, 0.2) is 0 Å². The molecule has 0 fully saturated rings. The number of hydrogen-bond donors (Lipinski definition) is 0. The van der Waals surface area contributed by atoms with Crippen molar-refractivity contribution in [2.75, 3.05) is 28.4 Å². The molecule has 0 spiro atoms. The molecule has 0 radical (unpaired) electrons. The second kappa shape index (κ2) is 28.8. The van der Waals surface area contributed by atoms with Gasteiger partial charge in [-0.3, -0.25) is 0 Å². The van der Waals surface area contributed by atoms with Crippen molar-refractivity contribution >= 4 is 9.84 Å². The summed E-state index contributed by atoms with van der Waals surface area (Å²) in [6.07, 6.45) is 0. The van der Waals surface area contributed by atoms with Gasteiger partial charge in [0, 0.05) is 28.4 Å². The Hall–Kier alpha value is -3.25. The van der Waals surface area contributed by atoms with Crippen LogP contribution in [0.5, 0.6) is 0 Å². The predicted molar refractivity (Wildman–Crippen MR) is 174 cm³/mol. The van der Waals surface area contributed by atoms with E-state index in [0.717, 1.165) is 0 Å². The van der Waals surface area contributed by atoms with Crippen molar-refractivity contribution in [2.45, 2.75) is 51.3 Å². The molecule has 0 saturated heterocycles. The quantitative estimate of drug-likeness (QED) is 0.242. The number of sulfone groups is 1. The van der Waals surface area contributed by atoms with Crippen molar-refractivity contribution < 1.29 is 17.9 Å². The number of ether oxygens (including phenoxy) is 2. The van der Waals surface area contributed by atoms with Gasteiger partial charge in [0.2, 0.25) is 9.84 Å². The Morgan fingerprint density at radius 3 is 0.700 bits per heavy atom. The van der Waals surface area contributed by atoms with E-state index in [1.165, 1.54) is 0 Å². The van der Waals surface area contributed by atoms with E-state index in [1.807, 2.05) is 86.6 Å². The topological polar surface area (TPSA) is 52.6 Å². The molecule has 0 aliphatic rings. The molecule has 222 valence electrons. The first kappa shape index (κ1) is 41.2. The van der Waals surface area contributed by atoms with Crippen molar-refractivity contribution in [3.05, 3.63) is 133 Å². The lowest BCUT2D eigenvalue weighted by Crippen LogP contribution is -2.00. The lowest BCUT2D eigenvalue weighted by Gasteiger charge is -2.05. The van der Waals surface area contributed by atoms with Gasteiger partial charge in [0.05, 0.1) is 9.79 Å². The highest BCUT2D eigenvalue weighted by Gasteiger charge is 2.15. The summed E-state index contributed by atoms with van der Waals surface area (Å²) in [5.74, 6) is 0. The minimum atomic E-state index is -3.34. The summed E-state index contributed by atoms with van der Waals surface area (Å²) >= 11 is 0. The third-order valence-corrected chi connectivity index (χ3v) is 5.23. The average Bonchev–Trinajstić information content (AvgIpc) is 2.98. The van der Waals surface area contributed by atoms with Gasteiger partial charge in [0.25, 0.3) is 0 Å². The molecule has 0 aliphatic heterocycles. The van der Waals surface area contributed by atoms with E-state index in [4.69, 9.17) is 0 Å². The van der Waals surface area contributed by atoms with Crippen LogP contribution in [0.1, 0.15) is 41.5 Å². The SMILES string of the molecule is CC.CC(C)(C)C.COC.COC.O=S(=O)(c1ccccc1)c1ccccc1.c1ccccc1.c1ccccc1. The van der Waals surface area contributed by atoms with E-state index in [2.05, 4.69) is 37.2 Å². The Labute approximate surface area is 246 Å². The maximum Gasteiger partial charge on any atom is 0.206 e. The highest BCUT2D eigenvalue weighted by atomic mass is 32.2. The Balaban J connectivity index is -0.000000459. The third-order valence-electron chi connectivity index (χ3n) is 3.44. The number of hydrogen-bond acceptors (Lipinski definition) is 4. The van der Waals surface area contributed by atoms with Gasteiger partial charge in [-0.2, -0.15) is 0 Å². The molecule has 4 aromatic rings. The summed E-state index contributed by atoms with van der Waals surface area (Å²) < 4.78 is 32.6. The lowest BCUT2D eigenvalue weighted by molar-refractivity contribution is 0.277. The highest BCUT2D eigenvalue weighted by molar-refractivity contribution is 7.91. The largest absolute Gasteiger partial charge is 0.388 e. The van der Waals surface area contributed by atoms with E-state index >= 15 is 0 Å². The van der Waals surface area contributed by atoms with Gasteiger partial charge >= 0.3 is 0 Å². The number of methoxy groups -OCH3 is 2. The summed E-state index contributed by atoms with van der Waals surface area (Å²) in [5, 5.41) is 0. The Kier molecular flexibility index (Phi) is 29.6. The molecule has 4 aromatic carbocycles. The van der Waals surface area contributed by atoms with Crippen molar-refractivity contribution in [3.63, 3.8) is 0 Å². The van der Waals surface area contributed by atoms with Crippen molar-refractivity contribution in [2.24, 2.45) is 5.41 Å². The summed E-state index contributed by atoms with van der Waals surface area (Å²) in [4.78, 5) is 0.660. The standard InChI is InChI=1S/C12H10O2S.2C6H6.C5H12.2C2H6O.C2H6/c13-15(14,11-7-3-1-4-8-11)12-9-5-2-6-10-12;2*1-2-4-6-5-3-1;1-5(2,3)4;2*1-3-2;1-2/h1-10H;2*1-6H;1-4H3;2*1-2H3;1-2H3. The Morgan fingerprint density at radius 2 is 0.550 bits per heavy atom. The molecule has 40 heavy (non-hydrogen) atoms. The van der Waals surface area contributed by atoms with Crippen LogP contribution in [0.25, 0.3) is 0 Å². The van der Waals surface area contributed by atoms with Crippen LogP contribution in [0.3, 0.4) is 0 Å². The van der Waals surface area contributed by atoms with Gasteiger partial charge in [-0.1, -0.05) is 151 Å². The van der Waals surface area contributed by atoms with Crippen LogP contribution in [-0.4, -0.2) is 36.9 Å². The van der Waals surface area contributed by atoms with E-state index in [-0.39, 0.29) is 0 Å². The molecule has 0 unspecified atom stereocenters. The van der Waals surface area contributed by atoms with E-state index < -0.39 is 9.84 Å². The first-order valence-electron chi connectivity index (χ1n) is 13.2. The Bertz CT molecular complexity index is 941. The summed E-state index contributed by atoms with van der Waals surface area (Å²) in [7, 11) is 3.16. The van der Waals surface area contributed by atoms with Crippen molar-refractivity contribution in [1.29, 1.82) is 0 Å². The van der Waals surface area contributed by atoms with Gasteiger partial charge in [0.1, 0.15) is 0 Å². The van der Waals surface area contributed by atoms with Crippen molar-refractivity contribution in [3.8, 4) is 0 Å². The molecule has 0 atom stereocenters. The van der Waals surface area contributed by atoms with E-state index in [0.29, 0.717) is 15.2 Å². The second-order valence-electron chi connectivity index (χ2n) is 9.26. The smallest absolute Gasteiger partial charge is 0.206 e. The normalized spacial score (nSPS) is 9.15. The van der Waals surface area contributed by atoms with Crippen LogP contribution in [0.4, 0.5) is 0 Å². The lowest BCUT2D eigenvalue weighted by atomic mass is 10.0. The zero-order valence-electron chi connectivity index (χ0n) is 26.2. The number of benzene rings is 4. The molecule has 0 saturated carbocycles. The Morgan fingerprint density at radius 1 is 0.425 bits per heavy atom.